The third-order valence-corrected chi connectivity index (χ3v) is 4.61. The monoisotopic (exact) mass is 356 g/mol. The van der Waals surface area contributed by atoms with Crippen LogP contribution >= 0.6 is 12.4 Å². The lowest BCUT2D eigenvalue weighted by molar-refractivity contribution is -0.121. The van der Waals surface area contributed by atoms with Gasteiger partial charge in [-0.25, -0.2) is 0 Å². The van der Waals surface area contributed by atoms with Crippen molar-refractivity contribution in [2.75, 3.05) is 40.5 Å². The number of aryl methyl sites for hydroxylation is 1. The van der Waals surface area contributed by atoms with Crippen molar-refractivity contribution in [2.45, 2.75) is 26.2 Å². The van der Waals surface area contributed by atoms with Gasteiger partial charge in [0.1, 0.15) is 5.75 Å². The molecule has 0 bridgehead atoms. The van der Waals surface area contributed by atoms with Gasteiger partial charge in [-0.3, -0.25) is 4.79 Å². The second-order valence-corrected chi connectivity index (χ2v) is 6.44. The minimum Gasteiger partial charge on any atom is -0.496 e. The summed E-state index contributed by atoms with van der Waals surface area (Å²) in [6, 6.07) is 5.90. The SMILES string of the molecule is COCC1(CNC(=O)Cc2ccc(C)c(OC)c2)CCNCC1.Cl. The molecule has 0 atom stereocenters. The third-order valence-electron chi connectivity index (χ3n) is 4.61. The van der Waals surface area contributed by atoms with Crippen LogP contribution < -0.4 is 15.4 Å². The molecule has 2 rings (SSSR count). The molecular weight excluding hydrogens is 328 g/mol. The molecule has 1 aliphatic heterocycles. The van der Waals surface area contributed by atoms with Crippen molar-refractivity contribution in [1.29, 1.82) is 0 Å². The maximum absolute atomic E-state index is 12.3. The predicted molar refractivity (Wildman–Crippen MR) is 98.1 cm³/mol. The number of carbonyl (C=O) groups excluding carboxylic acids is 1. The molecule has 0 aliphatic carbocycles. The molecule has 6 heteroatoms. The highest BCUT2D eigenvalue weighted by molar-refractivity contribution is 5.85. The summed E-state index contributed by atoms with van der Waals surface area (Å²) < 4.78 is 10.7. The standard InChI is InChI=1S/C18H28N2O3.ClH/c1-14-4-5-15(10-16(14)23-3)11-17(21)20-12-18(13-22-2)6-8-19-9-7-18;/h4-5,10,19H,6-9,11-13H2,1-3H3,(H,20,21);1H. The zero-order valence-electron chi connectivity index (χ0n) is 14.8. The highest BCUT2D eigenvalue weighted by Gasteiger charge is 2.32. The molecule has 2 N–H and O–H groups in total. The number of benzene rings is 1. The van der Waals surface area contributed by atoms with E-state index in [2.05, 4.69) is 10.6 Å². The Morgan fingerprint density at radius 1 is 1.29 bits per heavy atom. The molecule has 0 aromatic heterocycles. The van der Waals surface area contributed by atoms with Crippen molar-refractivity contribution in [3.05, 3.63) is 29.3 Å². The Morgan fingerprint density at radius 2 is 2.00 bits per heavy atom. The van der Waals surface area contributed by atoms with Crippen LogP contribution in [0.5, 0.6) is 5.75 Å². The molecule has 1 aliphatic rings. The van der Waals surface area contributed by atoms with Gasteiger partial charge in [0.15, 0.2) is 0 Å². The highest BCUT2D eigenvalue weighted by atomic mass is 35.5. The van der Waals surface area contributed by atoms with E-state index in [4.69, 9.17) is 9.47 Å². The number of amides is 1. The normalized spacial score (nSPS) is 16.1. The second-order valence-electron chi connectivity index (χ2n) is 6.44. The summed E-state index contributed by atoms with van der Waals surface area (Å²) in [6.07, 6.45) is 2.43. The summed E-state index contributed by atoms with van der Waals surface area (Å²) in [6.45, 7) is 5.31. The molecule has 0 unspecified atom stereocenters. The van der Waals surface area contributed by atoms with Crippen LogP contribution in [-0.2, 0) is 16.0 Å². The molecule has 0 radical (unpaired) electrons. The zero-order valence-corrected chi connectivity index (χ0v) is 15.6. The average Bonchev–Trinajstić information content (AvgIpc) is 2.56. The van der Waals surface area contributed by atoms with Crippen LogP contribution in [-0.4, -0.2) is 46.4 Å². The Morgan fingerprint density at radius 3 is 2.62 bits per heavy atom. The summed E-state index contributed by atoms with van der Waals surface area (Å²) >= 11 is 0. The predicted octanol–water partition coefficient (Wildman–Crippen LogP) is 2.10. The van der Waals surface area contributed by atoms with Gasteiger partial charge in [-0.2, -0.15) is 0 Å². The van der Waals surface area contributed by atoms with Crippen molar-refractivity contribution >= 4 is 18.3 Å². The number of carbonyl (C=O) groups is 1. The van der Waals surface area contributed by atoms with Crippen molar-refractivity contribution < 1.29 is 14.3 Å². The number of hydrogen-bond donors (Lipinski definition) is 2. The molecule has 0 spiro atoms. The van der Waals surface area contributed by atoms with Gasteiger partial charge in [0.2, 0.25) is 5.91 Å². The number of rotatable bonds is 7. The van der Waals surface area contributed by atoms with E-state index in [1.54, 1.807) is 14.2 Å². The lowest BCUT2D eigenvalue weighted by Gasteiger charge is -2.37. The van der Waals surface area contributed by atoms with Crippen LogP contribution in [0.2, 0.25) is 0 Å². The quantitative estimate of drug-likeness (QED) is 0.785. The molecule has 1 saturated heterocycles. The summed E-state index contributed by atoms with van der Waals surface area (Å²) in [5, 5.41) is 6.45. The van der Waals surface area contributed by atoms with Crippen LogP contribution in [0, 0.1) is 12.3 Å². The van der Waals surface area contributed by atoms with Crippen LogP contribution in [0.25, 0.3) is 0 Å². The van der Waals surface area contributed by atoms with Gasteiger partial charge in [0, 0.05) is 19.1 Å². The van der Waals surface area contributed by atoms with Gasteiger partial charge < -0.3 is 20.1 Å². The summed E-state index contributed by atoms with van der Waals surface area (Å²) in [7, 11) is 3.38. The largest absolute Gasteiger partial charge is 0.496 e. The topological polar surface area (TPSA) is 59.6 Å². The molecule has 136 valence electrons. The molecule has 1 heterocycles. The van der Waals surface area contributed by atoms with E-state index in [1.165, 1.54) is 0 Å². The van der Waals surface area contributed by atoms with E-state index < -0.39 is 0 Å². The van der Waals surface area contributed by atoms with Crippen LogP contribution in [0.15, 0.2) is 18.2 Å². The maximum atomic E-state index is 12.3. The number of nitrogens with one attached hydrogen (secondary N) is 2. The fourth-order valence-corrected chi connectivity index (χ4v) is 3.14. The molecule has 1 amide bonds. The van der Waals surface area contributed by atoms with Gasteiger partial charge >= 0.3 is 0 Å². The molecule has 1 aromatic rings. The Balaban J connectivity index is 0.00000288. The molecule has 5 nitrogen and oxygen atoms in total. The van der Waals surface area contributed by atoms with Crippen molar-refractivity contribution in [3.63, 3.8) is 0 Å². The number of piperidine rings is 1. The number of hydrogen-bond acceptors (Lipinski definition) is 4. The Labute approximate surface area is 150 Å². The Bertz CT molecular complexity index is 525. The molecule has 0 saturated carbocycles. The van der Waals surface area contributed by atoms with E-state index >= 15 is 0 Å². The molecule has 1 aromatic carbocycles. The van der Waals surface area contributed by atoms with E-state index in [9.17, 15) is 4.79 Å². The Hall–Kier alpha value is -1.30. The van der Waals surface area contributed by atoms with Gasteiger partial charge in [-0.05, 0) is 50.0 Å². The number of methoxy groups -OCH3 is 2. The molecule has 1 fully saturated rings. The van der Waals surface area contributed by atoms with E-state index in [1.807, 2.05) is 25.1 Å². The fraction of sp³-hybridized carbons (Fsp3) is 0.611. The first-order valence-electron chi connectivity index (χ1n) is 8.18. The van der Waals surface area contributed by atoms with Crippen LogP contribution in [0.1, 0.15) is 24.0 Å². The average molecular weight is 357 g/mol. The first kappa shape index (κ1) is 20.7. The highest BCUT2D eigenvalue weighted by Crippen LogP contribution is 2.28. The minimum absolute atomic E-state index is 0. The van der Waals surface area contributed by atoms with Crippen molar-refractivity contribution in [1.82, 2.24) is 10.6 Å². The minimum atomic E-state index is 0. The summed E-state index contributed by atoms with van der Waals surface area (Å²) in [5.74, 6) is 0.870. The van der Waals surface area contributed by atoms with Gasteiger partial charge in [-0.1, -0.05) is 12.1 Å². The molecular formula is C18H29ClN2O3. The van der Waals surface area contributed by atoms with Gasteiger partial charge in [0.05, 0.1) is 20.1 Å². The molecule has 24 heavy (non-hydrogen) atoms. The number of ether oxygens (including phenoxy) is 2. The lowest BCUT2D eigenvalue weighted by atomic mass is 9.79. The zero-order chi connectivity index (χ0) is 16.7. The maximum Gasteiger partial charge on any atom is 0.224 e. The van der Waals surface area contributed by atoms with E-state index in [0.717, 1.165) is 42.8 Å². The van der Waals surface area contributed by atoms with Gasteiger partial charge in [0.25, 0.3) is 0 Å². The third kappa shape index (κ3) is 5.65. The summed E-state index contributed by atoms with van der Waals surface area (Å²) in [5.41, 5.74) is 2.10. The fourth-order valence-electron chi connectivity index (χ4n) is 3.14. The van der Waals surface area contributed by atoms with Crippen molar-refractivity contribution in [3.8, 4) is 5.75 Å². The van der Waals surface area contributed by atoms with E-state index in [0.29, 0.717) is 19.6 Å². The van der Waals surface area contributed by atoms with E-state index in [-0.39, 0.29) is 23.7 Å². The lowest BCUT2D eigenvalue weighted by Crippen LogP contribution is -2.47. The first-order chi connectivity index (χ1) is 11.1. The van der Waals surface area contributed by atoms with Crippen molar-refractivity contribution in [2.24, 2.45) is 5.41 Å². The summed E-state index contributed by atoms with van der Waals surface area (Å²) in [4.78, 5) is 12.3. The Kier molecular flexibility index (Phi) is 8.53. The smallest absolute Gasteiger partial charge is 0.224 e. The van der Waals surface area contributed by atoms with Crippen LogP contribution in [0.4, 0.5) is 0 Å². The van der Waals surface area contributed by atoms with Gasteiger partial charge in [-0.15, -0.1) is 12.4 Å². The number of halogens is 1. The van der Waals surface area contributed by atoms with Crippen LogP contribution in [0.3, 0.4) is 0 Å². The first-order valence-corrected chi connectivity index (χ1v) is 8.18. The second kappa shape index (κ2) is 9.87.